The first-order chi connectivity index (χ1) is 11.2. The molecular formula is C17H20N4O2. The van der Waals surface area contributed by atoms with Crippen molar-refractivity contribution in [3.63, 3.8) is 0 Å². The Balaban J connectivity index is 1.54. The summed E-state index contributed by atoms with van der Waals surface area (Å²) < 4.78 is 11.3. The maximum atomic E-state index is 5.96. The van der Waals surface area contributed by atoms with Gasteiger partial charge in [-0.1, -0.05) is 5.16 Å². The lowest BCUT2D eigenvalue weighted by molar-refractivity contribution is 0.226. The van der Waals surface area contributed by atoms with Crippen molar-refractivity contribution in [2.75, 3.05) is 6.54 Å². The Hall–Kier alpha value is -2.34. The van der Waals surface area contributed by atoms with E-state index in [9.17, 15) is 0 Å². The van der Waals surface area contributed by atoms with E-state index < -0.39 is 0 Å². The van der Waals surface area contributed by atoms with E-state index in [-0.39, 0.29) is 0 Å². The van der Waals surface area contributed by atoms with Gasteiger partial charge in [-0.05, 0) is 51.4 Å². The second-order valence-corrected chi connectivity index (χ2v) is 6.10. The molecule has 120 valence electrons. The summed E-state index contributed by atoms with van der Waals surface area (Å²) in [4.78, 5) is 2.45. The molecule has 3 aromatic rings. The lowest BCUT2D eigenvalue weighted by Crippen LogP contribution is -2.23. The Morgan fingerprint density at radius 2 is 2.22 bits per heavy atom. The minimum atomic E-state index is 0.363. The molecule has 0 spiro atoms. The van der Waals surface area contributed by atoms with E-state index >= 15 is 0 Å². The third-order valence-electron chi connectivity index (χ3n) is 4.57. The lowest BCUT2D eigenvalue weighted by atomic mass is 10.0. The number of hydrogen-bond donors (Lipinski definition) is 1. The van der Waals surface area contributed by atoms with Crippen molar-refractivity contribution >= 4 is 0 Å². The third-order valence-corrected chi connectivity index (χ3v) is 4.57. The molecule has 4 heterocycles. The van der Waals surface area contributed by atoms with Gasteiger partial charge in [-0.25, -0.2) is 0 Å². The largest absolute Gasteiger partial charge is 0.458 e. The number of furan rings is 1. The number of H-pyrrole nitrogens is 1. The van der Waals surface area contributed by atoms with E-state index in [1.165, 1.54) is 12.0 Å². The number of aromatic amines is 1. The van der Waals surface area contributed by atoms with Crippen LogP contribution in [0.25, 0.3) is 11.5 Å². The summed E-state index contributed by atoms with van der Waals surface area (Å²) in [6.45, 7) is 5.87. The fraction of sp³-hybridized carbons (Fsp3) is 0.412. The van der Waals surface area contributed by atoms with Crippen LogP contribution >= 0.6 is 0 Å². The number of likely N-dealkylation sites (tertiary alicyclic amines) is 1. The molecule has 0 bridgehead atoms. The quantitative estimate of drug-likeness (QED) is 0.797. The van der Waals surface area contributed by atoms with Gasteiger partial charge in [0.2, 0.25) is 0 Å². The molecule has 1 atom stereocenters. The number of hydrogen-bond acceptors (Lipinski definition) is 5. The second-order valence-electron chi connectivity index (χ2n) is 6.10. The van der Waals surface area contributed by atoms with Crippen molar-refractivity contribution in [3.05, 3.63) is 47.2 Å². The van der Waals surface area contributed by atoms with Gasteiger partial charge in [0.1, 0.15) is 17.2 Å². The molecule has 0 radical (unpaired) electrons. The van der Waals surface area contributed by atoms with Crippen LogP contribution in [0.4, 0.5) is 0 Å². The van der Waals surface area contributed by atoms with Gasteiger partial charge in [0.15, 0.2) is 5.76 Å². The van der Waals surface area contributed by atoms with Crippen LogP contribution in [0.5, 0.6) is 0 Å². The van der Waals surface area contributed by atoms with Crippen LogP contribution in [0.3, 0.4) is 0 Å². The van der Waals surface area contributed by atoms with Crippen molar-refractivity contribution in [2.45, 2.75) is 39.3 Å². The van der Waals surface area contributed by atoms with Gasteiger partial charge in [-0.15, -0.1) is 0 Å². The Kier molecular flexibility index (Phi) is 3.53. The van der Waals surface area contributed by atoms with Crippen LogP contribution in [0.15, 0.2) is 33.3 Å². The van der Waals surface area contributed by atoms with Crippen molar-refractivity contribution in [1.29, 1.82) is 0 Å². The minimum absolute atomic E-state index is 0.363. The molecule has 3 aromatic heterocycles. The Bertz CT molecular complexity index is 768. The van der Waals surface area contributed by atoms with Crippen LogP contribution < -0.4 is 0 Å². The summed E-state index contributed by atoms with van der Waals surface area (Å²) in [6.07, 6.45) is 4.05. The summed E-state index contributed by atoms with van der Waals surface area (Å²) in [5.74, 6) is 2.72. The average molecular weight is 312 g/mol. The van der Waals surface area contributed by atoms with Gasteiger partial charge in [0, 0.05) is 17.8 Å². The van der Waals surface area contributed by atoms with Crippen LogP contribution in [-0.4, -0.2) is 26.8 Å². The Labute approximate surface area is 134 Å². The smallest absolute Gasteiger partial charge is 0.152 e. The van der Waals surface area contributed by atoms with Crippen molar-refractivity contribution in [1.82, 2.24) is 20.3 Å². The average Bonchev–Trinajstić information content (AvgIpc) is 3.29. The predicted molar refractivity (Wildman–Crippen MR) is 84.7 cm³/mol. The fourth-order valence-electron chi connectivity index (χ4n) is 3.51. The summed E-state index contributed by atoms with van der Waals surface area (Å²) in [6, 6.07) is 6.30. The second kappa shape index (κ2) is 5.70. The lowest BCUT2D eigenvalue weighted by Gasteiger charge is -2.23. The molecule has 1 saturated heterocycles. The number of aromatic nitrogens is 3. The van der Waals surface area contributed by atoms with E-state index in [0.29, 0.717) is 6.04 Å². The summed E-state index contributed by atoms with van der Waals surface area (Å²) in [5, 5.41) is 11.0. The molecule has 0 aromatic carbocycles. The van der Waals surface area contributed by atoms with Gasteiger partial charge in [-0.2, -0.15) is 5.10 Å². The first kappa shape index (κ1) is 14.3. The van der Waals surface area contributed by atoms with Crippen LogP contribution in [-0.2, 0) is 6.54 Å². The Morgan fingerprint density at radius 3 is 2.96 bits per heavy atom. The van der Waals surface area contributed by atoms with Gasteiger partial charge in [0.05, 0.1) is 12.2 Å². The third kappa shape index (κ3) is 2.59. The Morgan fingerprint density at radius 1 is 1.30 bits per heavy atom. The standard InChI is InChI=1S/C17H20N4O2/c1-11-17(12(2)23-20-11)15-4-3-9-21(15)10-13-5-6-16(22-13)14-7-8-18-19-14/h5-8,15H,3-4,9-10H2,1-2H3,(H,18,19)/t15-/m1/s1. The van der Waals surface area contributed by atoms with Crippen LogP contribution in [0.2, 0.25) is 0 Å². The first-order valence-corrected chi connectivity index (χ1v) is 7.97. The fourth-order valence-corrected chi connectivity index (χ4v) is 3.51. The highest BCUT2D eigenvalue weighted by Gasteiger charge is 2.31. The van der Waals surface area contributed by atoms with Gasteiger partial charge in [-0.3, -0.25) is 10.00 Å². The number of aryl methyl sites for hydroxylation is 2. The van der Waals surface area contributed by atoms with Crippen LogP contribution in [0.1, 0.15) is 41.7 Å². The van der Waals surface area contributed by atoms with Crippen LogP contribution in [0, 0.1) is 13.8 Å². The highest BCUT2D eigenvalue weighted by Crippen LogP contribution is 2.36. The SMILES string of the molecule is Cc1noc(C)c1[C@H]1CCCN1Cc1ccc(-c2ccn[nH]2)o1. The molecule has 0 saturated carbocycles. The normalized spacial score (nSPS) is 18.8. The molecule has 4 rings (SSSR count). The van der Waals surface area contributed by atoms with Crippen molar-refractivity contribution < 1.29 is 8.94 Å². The van der Waals surface area contributed by atoms with E-state index in [4.69, 9.17) is 8.94 Å². The van der Waals surface area contributed by atoms with E-state index in [1.807, 2.05) is 32.0 Å². The van der Waals surface area contributed by atoms with Gasteiger partial charge < -0.3 is 8.94 Å². The highest BCUT2D eigenvalue weighted by molar-refractivity contribution is 5.51. The zero-order valence-corrected chi connectivity index (χ0v) is 13.4. The topological polar surface area (TPSA) is 71.1 Å². The van der Waals surface area contributed by atoms with Crippen molar-refractivity contribution in [2.24, 2.45) is 0 Å². The zero-order valence-electron chi connectivity index (χ0n) is 13.4. The van der Waals surface area contributed by atoms with Crippen molar-refractivity contribution in [3.8, 4) is 11.5 Å². The van der Waals surface area contributed by atoms with Gasteiger partial charge >= 0.3 is 0 Å². The predicted octanol–water partition coefficient (Wildman–Crippen LogP) is 3.61. The summed E-state index contributed by atoms with van der Waals surface area (Å²) >= 11 is 0. The van der Waals surface area contributed by atoms with E-state index in [0.717, 1.165) is 48.2 Å². The maximum Gasteiger partial charge on any atom is 0.152 e. The zero-order chi connectivity index (χ0) is 15.8. The maximum absolute atomic E-state index is 5.96. The molecule has 1 N–H and O–H groups in total. The summed E-state index contributed by atoms with van der Waals surface area (Å²) in [5.41, 5.74) is 3.14. The highest BCUT2D eigenvalue weighted by atomic mass is 16.5. The number of nitrogens with zero attached hydrogens (tertiary/aromatic N) is 3. The van der Waals surface area contributed by atoms with Gasteiger partial charge in [0.25, 0.3) is 0 Å². The molecule has 0 amide bonds. The molecule has 1 fully saturated rings. The molecule has 6 heteroatoms. The number of rotatable bonds is 4. The molecular weight excluding hydrogens is 292 g/mol. The minimum Gasteiger partial charge on any atom is -0.458 e. The molecule has 0 aliphatic carbocycles. The summed E-state index contributed by atoms with van der Waals surface area (Å²) in [7, 11) is 0. The molecule has 1 aliphatic rings. The van der Waals surface area contributed by atoms with E-state index in [2.05, 4.69) is 20.3 Å². The molecule has 0 unspecified atom stereocenters. The first-order valence-electron chi connectivity index (χ1n) is 7.97. The molecule has 6 nitrogen and oxygen atoms in total. The number of nitrogens with one attached hydrogen (secondary N) is 1. The monoisotopic (exact) mass is 312 g/mol. The molecule has 23 heavy (non-hydrogen) atoms. The molecule has 1 aliphatic heterocycles. The van der Waals surface area contributed by atoms with E-state index in [1.54, 1.807) is 6.20 Å².